The van der Waals surface area contributed by atoms with Crippen LogP contribution in [0.25, 0.3) is 0 Å². The molecular formula is C17H31NO3. The monoisotopic (exact) mass is 297 g/mol. The molecule has 0 aliphatic rings. The number of allylic oxidation sites excluding steroid dienone is 2. The van der Waals surface area contributed by atoms with Crippen LogP contribution in [0, 0.1) is 0 Å². The standard InChI is InChI=1S/C17H31NO3/c1-8-13(3)17(20,14(4)9-2)11-10-12-18-15(19)21-16(5,6)7/h8-9,20H,10-12H2,1-7H3,(H,18,19)/b13-8-,14-9+. The number of hydrogen-bond acceptors (Lipinski definition) is 3. The molecule has 0 aromatic carbocycles. The molecular weight excluding hydrogens is 266 g/mol. The molecule has 0 radical (unpaired) electrons. The molecule has 1 atom stereocenters. The fraction of sp³-hybridized carbons (Fsp3) is 0.706. The van der Waals surface area contributed by atoms with Crippen LogP contribution >= 0.6 is 0 Å². The molecule has 21 heavy (non-hydrogen) atoms. The zero-order chi connectivity index (χ0) is 16.7. The molecule has 1 amide bonds. The summed E-state index contributed by atoms with van der Waals surface area (Å²) in [5.41, 5.74) is 0.429. The molecule has 0 aliphatic carbocycles. The van der Waals surface area contributed by atoms with Crippen molar-refractivity contribution in [2.75, 3.05) is 6.54 Å². The summed E-state index contributed by atoms with van der Waals surface area (Å²) in [6, 6.07) is 0. The summed E-state index contributed by atoms with van der Waals surface area (Å²) in [4.78, 5) is 11.5. The number of ether oxygens (including phenoxy) is 1. The fourth-order valence-corrected chi connectivity index (χ4v) is 2.03. The average Bonchev–Trinajstić information content (AvgIpc) is 2.39. The molecule has 1 unspecified atom stereocenters. The number of hydrogen-bond donors (Lipinski definition) is 2. The molecule has 0 saturated carbocycles. The normalized spacial score (nSPS) is 16.4. The highest BCUT2D eigenvalue weighted by Gasteiger charge is 2.29. The van der Waals surface area contributed by atoms with Crippen molar-refractivity contribution < 1.29 is 14.6 Å². The van der Waals surface area contributed by atoms with Crippen LogP contribution in [-0.2, 0) is 4.74 Å². The van der Waals surface area contributed by atoms with E-state index in [9.17, 15) is 9.90 Å². The Hall–Kier alpha value is -1.29. The summed E-state index contributed by atoms with van der Waals surface area (Å²) in [6.45, 7) is 13.7. The second-order valence-electron chi connectivity index (χ2n) is 6.34. The number of aliphatic hydroxyl groups is 1. The summed E-state index contributed by atoms with van der Waals surface area (Å²) in [6.07, 6.45) is 4.67. The van der Waals surface area contributed by atoms with E-state index < -0.39 is 17.3 Å². The molecule has 0 aromatic heterocycles. The van der Waals surface area contributed by atoms with Gasteiger partial charge in [-0.05, 0) is 72.5 Å². The summed E-state index contributed by atoms with van der Waals surface area (Å²) in [5.74, 6) is 0. The number of rotatable bonds is 6. The lowest BCUT2D eigenvalue weighted by Gasteiger charge is -2.31. The summed E-state index contributed by atoms with van der Waals surface area (Å²) >= 11 is 0. The largest absolute Gasteiger partial charge is 0.444 e. The maximum absolute atomic E-state index is 11.5. The molecule has 122 valence electrons. The van der Waals surface area contributed by atoms with Gasteiger partial charge in [-0.15, -0.1) is 0 Å². The summed E-state index contributed by atoms with van der Waals surface area (Å²) in [7, 11) is 0. The van der Waals surface area contributed by atoms with Crippen LogP contribution in [0.4, 0.5) is 4.79 Å². The first-order valence-electron chi connectivity index (χ1n) is 7.53. The number of carbonyl (C=O) groups is 1. The van der Waals surface area contributed by atoms with Gasteiger partial charge in [-0.2, -0.15) is 0 Å². The Morgan fingerprint density at radius 1 is 1.14 bits per heavy atom. The Kier molecular flexibility index (Phi) is 7.72. The molecule has 0 saturated heterocycles. The SMILES string of the molecule is C/C=C(/C)C(O)(CCCNC(=O)OC(C)(C)C)/C(C)=C/C. The van der Waals surface area contributed by atoms with Crippen LogP contribution in [-0.4, -0.2) is 28.9 Å². The predicted octanol–water partition coefficient (Wildman–Crippen LogP) is 3.95. The van der Waals surface area contributed by atoms with Gasteiger partial charge in [0, 0.05) is 6.54 Å². The minimum absolute atomic E-state index is 0.420. The number of nitrogens with one attached hydrogen (secondary N) is 1. The van der Waals surface area contributed by atoms with Crippen molar-refractivity contribution in [2.45, 2.75) is 72.5 Å². The van der Waals surface area contributed by atoms with Gasteiger partial charge in [0.25, 0.3) is 0 Å². The number of alkyl carbamates (subject to hydrolysis) is 1. The third-order valence-corrected chi connectivity index (χ3v) is 3.55. The van der Waals surface area contributed by atoms with Gasteiger partial charge in [0.1, 0.15) is 11.2 Å². The van der Waals surface area contributed by atoms with E-state index in [2.05, 4.69) is 5.32 Å². The first-order chi connectivity index (χ1) is 9.56. The van der Waals surface area contributed by atoms with E-state index in [-0.39, 0.29) is 0 Å². The maximum atomic E-state index is 11.5. The van der Waals surface area contributed by atoms with Crippen molar-refractivity contribution in [1.29, 1.82) is 0 Å². The minimum Gasteiger partial charge on any atom is -0.444 e. The lowest BCUT2D eigenvalue weighted by Crippen LogP contribution is -2.35. The third-order valence-electron chi connectivity index (χ3n) is 3.55. The van der Waals surface area contributed by atoms with Crippen molar-refractivity contribution in [1.82, 2.24) is 5.32 Å². The lowest BCUT2D eigenvalue weighted by atomic mass is 9.83. The van der Waals surface area contributed by atoms with Crippen LogP contribution in [0.3, 0.4) is 0 Å². The Labute approximate surface area is 129 Å². The van der Waals surface area contributed by atoms with Gasteiger partial charge < -0.3 is 15.2 Å². The molecule has 0 spiro atoms. The predicted molar refractivity (Wildman–Crippen MR) is 87.3 cm³/mol. The van der Waals surface area contributed by atoms with Crippen molar-refractivity contribution in [2.24, 2.45) is 0 Å². The molecule has 2 N–H and O–H groups in total. The molecule has 0 heterocycles. The minimum atomic E-state index is -0.931. The first-order valence-corrected chi connectivity index (χ1v) is 7.53. The zero-order valence-electron chi connectivity index (χ0n) is 14.5. The van der Waals surface area contributed by atoms with E-state index in [1.807, 2.05) is 60.6 Å². The molecule has 0 bridgehead atoms. The van der Waals surface area contributed by atoms with Gasteiger partial charge in [-0.1, -0.05) is 12.2 Å². The summed E-state index contributed by atoms with van der Waals surface area (Å²) in [5, 5.41) is 13.5. The lowest BCUT2D eigenvalue weighted by molar-refractivity contribution is 0.0518. The van der Waals surface area contributed by atoms with Crippen molar-refractivity contribution in [3.63, 3.8) is 0 Å². The number of carbonyl (C=O) groups excluding carboxylic acids is 1. The fourth-order valence-electron chi connectivity index (χ4n) is 2.03. The first kappa shape index (κ1) is 19.7. The van der Waals surface area contributed by atoms with Crippen LogP contribution in [0.15, 0.2) is 23.3 Å². The molecule has 0 aliphatic heterocycles. The smallest absolute Gasteiger partial charge is 0.407 e. The highest BCUT2D eigenvalue weighted by Crippen LogP contribution is 2.30. The highest BCUT2D eigenvalue weighted by molar-refractivity contribution is 5.67. The van der Waals surface area contributed by atoms with Gasteiger partial charge in [0.15, 0.2) is 0 Å². The topological polar surface area (TPSA) is 58.6 Å². The number of amides is 1. The van der Waals surface area contributed by atoms with E-state index in [1.165, 1.54) is 0 Å². The van der Waals surface area contributed by atoms with Crippen LogP contribution in [0.1, 0.15) is 61.3 Å². The molecule has 0 fully saturated rings. The van der Waals surface area contributed by atoms with Crippen molar-refractivity contribution in [3.8, 4) is 0 Å². The Morgan fingerprint density at radius 2 is 1.62 bits per heavy atom. The quantitative estimate of drug-likeness (QED) is 0.576. The molecule has 0 aromatic rings. The van der Waals surface area contributed by atoms with Crippen LogP contribution in [0.5, 0.6) is 0 Å². The third kappa shape index (κ3) is 6.80. The average molecular weight is 297 g/mol. The molecule has 0 rings (SSSR count). The van der Waals surface area contributed by atoms with E-state index in [0.717, 1.165) is 11.1 Å². The van der Waals surface area contributed by atoms with E-state index in [1.54, 1.807) is 0 Å². The Bertz CT molecular complexity index is 385. The van der Waals surface area contributed by atoms with Gasteiger partial charge in [-0.3, -0.25) is 0 Å². The van der Waals surface area contributed by atoms with Crippen molar-refractivity contribution >= 4 is 6.09 Å². The second-order valence-corrected chi connectivity index (χ2v) is 6.34. The highest BCUT2D eigenvalue weighted by atomic mass is 16.6. The van der Waals surface area contributed by atoms with Gasteiger partial charge in [-0.25, -0.2) is 4.79 Å². The van der Waals surface area contributed by atoms with E-state index in [4.69, 9.17) is 4.74 Å². The molecule has 4 heteroatoms. The van der Waals surface area contributed by atoms with Crippen LogP contribution in [0.2, 0.25) is 0 Å². The van der Waals surface area contributed by atoms with E-state index >= 15 is 0 Å². The van der Waals surface area contributed by atoms with Crippen LogP contribution < -0.4 is 5.32 Å². The summed E-state index contributed by atoms with van der Waals surface area (Å²) < 4.78 is 5.17. The van der Waals surface area contributed by atoms with Gasteiger partial charge >= 0.3 is 6.09 Å². The maximum Gasteiger partial charge on any atom is 0.407 e. The Morgan fingerprint density at radius 3 is 2.00 bits per heavy atom. The van der Waals surface area contributed by atoms with E-state index in [0.29, 0.717) is 19.4 Å². The molecule has 4 nitrogen and oxygen atoms in total. The van der Waals surface area contributed by atoms with Crippen molar-refractivity contribution in [3.05, 3.63) is 23.3 Å². The van der Waals surface area contributed by atoms with Gasteiger partial charge in [0.05, 0.1) is 0 Å². The zero-order valence-corrected chi connectivity index (χ0v) is 14.5. The Balaban J connectivity index is 4.45. The van der Waals surface area contributed by atoms with Gasteiger partial charge in [0.2, 0.25) is 0 Å². The second kappa shape index (κ2) is 8.23.